The van der Waals surface area contributed by atoms with Crippen molar-refractivity contribution < 1.29 is 19.1 Å². The molecule has 0 unspecified atom stereocenters. The second-order valence-corrected chi connectivity index (χ2v) is 4.77. The Hall–Kier alpha value is -2.57. The summed E-state index contributed by atoms with van der Waals surface area (Å²) in [4.78, 5) is 34.1. The fourth-order valence-corrected chi connectivity index (χ4v) is 1.68. The number of nitrogens with one attached hydrogen (secondary N) is 2. The van der Waals surface area contributed by atoms with Gasteiger partial charge < -0.3 is 21.1 Å². The summed E-state index contributed by atoms with van der Waals surface area (Å²) in [6, 6.07) is 6.64. The smallest absolute Gasteiger partial charge is 0.258 e. The Morgan fingerprint density at radius 2 is 1.90 bits per heavy atom. The van der Waals surface area contributed by atoms with Crippen LogP contribution in [0.1, 0.15) is 23.2 Å². The van der Waals surface area contributed by atoms with Crippen LogP contribution in [0.4, 0.5) is 0 Å². The summed E-state index contributed by atoms with van der Waals surface area (Å²) in [6.45, 7) is -0.378. The maximum atomic E-state index is 11.6. The number of amides is 3. The van der Waals surface area contributed by atoms with E-state index in [1.807, 2.05) is 0 Å². The summed E-state index contributed by atoms with van der Waals surface area (Å²) in [6.07, 6.45) is 1.99. The van der Waals surface area contributed by atoms with Gasteiger partial charge in [0.15, 0.2) is 6.61 Å². The standard InChI is InChI=1S/C14H17N3O4/c15-14(20)10-3-1-2-4-11(10)21-8-13(19)16-7-12(18)17-9-5-6-9/h1-4,9H,5-8H2,(H2,15,20)(H,16,19)(H,17,18). The average molecular weight is 291 g/mol. The van der Waals surface area contributed by atoms with E-state index in [1.54, 1.807) is 18.2 Å². The molecule has 0 aromatic heterocycles. The van der Waals surface area contributed by atoms with Crippen molar-refractivity contribution in [3.05, 3.63) is 29.8 Å². The molecule has 112 valence electrons. The van der Waals surface area contributed by atoms with E-state index < -0.39 is 11.8 Å². The zero-order valence-electron chi connectivity index (χ0n) is 11.4. The normalized spacial score (nSPS) is 13.3. The van der Waals surface area contributed by atoms with Gasteiger partial charge in [0, 0.05) is 6.04 Å². The lowest BCUT2D eigenvalue weighted by Gasteiger charge is -2.09. The van der Waals surface area contributed by atoms with Gasteiger partial charge in [0.1, 0.15) is 5.75 Å². The van der Waals surface area contributed by atoms with Crippen LogP contribution in [-0.2, 0) is 9.59 Å². The summed E-state index contributed by atoms with van der Waals surface area (Å²) in [5.74, 6) is -1.05. The number of nitrogens with two attached hydrogens (primary N) is 1. The van der Waals surface area contributed by atoms with Crippen molar-refractivity contribution in [2.45, 2.75) is 18.9 Å². The van der Waals surface area contributed by atoms with Crippen molar-refractivity contribution in [3.63, 3.8) is 0 Å². The number of hydrogen-bond donors (Lipinski definition) is 3. The van der Waals surface area contributed by atoms with Crippen molar-refractivity contribution in [2.75, 3.05) is 13.2 Å². The molecule has 0 atom stereocenters. The number of primary amides is 1. The van der Waals surface area contributed by atoms with Crippen molar-refractivity contribution >= 4 is 17.7 Å². The summed E-state index contributed by atoms with van der Waals surface area (Å²) >= 11 is 0. The van der Waals surface area contributed by atoms with E-state index in [2.05, 4.69) is 10.6 Å². The van der Waals surface area contributed by atoms with Crippen LogP contribution in [0.2, 0.25) is 0 Å². The third-order valence-electron chi connectivity index (χ3n) is 2.90. The molecule has 7 nitrogen and oxygen atoms in total. The maximum Gasteiger partial charge on any atom is 0.258 e. The summed E-state index contributed by atoms with van der Waals surface area (Å²) in [5, 5.41) is 5.19. The van der Waals surface area contributed by atoms with Gasteiger partial charge in [-0.3, -0.25) is 14.4 Å². The monoisotopic (exact) mass is 291 g/mol. The Bertz CT molecular complexity index is 555. The Balaban J connectivity index is 1.75. The van der Waals surface area contributed by atoms with Crippen molar-refractivity contribution in [2.24, 2.45) is 5.73 Å². The highest BCUT2D eigenvalue weighted by atomic mass is 16.5. The van der Waals surface area contributed by atoms with Gasteiger partial charge in [-0.1, -0.05) is 12.1 Å². The number of carbonyl (C=O) groups excluding carboxylic acids is 3. The number of carbonyl (C=O) groups is 3. The Morgan fingerprint density at radius 1 is 1.19 bits per heavy atom. The molecule has 0 aliphatic heterocycles. The van der Waals surface area contributed by atoms with Crippen LogP contribution in [-0.4, -0.2) is 36.9 Å². The van der Waals surface area contributed by atoms with Crippen LogP contribution in [0.15, 0.2) is 24.3 Å². The van der Waals surface area contributed by atoms with Gasteiger partial charge in [0.05, 0.1) is 12.1 Å². The molecule has 0 saturated heterocycles. The molecule has 1 aromatic carbocycles. The molecule has 1 aliphatic rings. The minimum atomic E-state index is -0.630. The first-order valence-corrected chi connectivity index (χ1v) is 6.64. The molecule has 1 aromatic rings. The fourth-order valence-electron chi connectivity index (χ4n) is 1.68. The molecule has 0 bridgehead atoms. The molecule has 1 aliphatic carbocycles. The lowest BCUT2D eigenvalue weighted by Crippen LogP contribution is -2.39. The molecule has 0 spiro atoms. The third-order valence-corrected chi connectivity index (χ3v) is 2.90. The number of hydrogen-bond acceptors (Lipinski definition) is 4. The van der Waals surface area contributed by atoms with Gasteiger partial charge in [0.2, 0.25) is 5.91 Å². The number of rotatable bonds is 7. The van der Waals surface area contributed by atoms with Crippen molar-refractivity contribution in [1.82, 2.24) is 10.6 Å². The quantitative estimate of drug-likeness (QED) is 0.632. The van der Waals surface area contributed by atoms with Crippen LogP contribution in [0.5, 0.6) is 5.75 Å². The second-order valence-electron chi connectivity index (χ2n) is 4.77. The molecule has 0 heterocycles. The lowest BCUT2D eigenvalue weighted by atomic mass is 10.2. The van der Waals surface area contributed by atoms with E-state index >= 15 is 0 Å². The molecule has 0 radical (unpaired) electrons. The summed E-state index contributed by atoms with van der Waals surface area (Å²) in [7, 11) is 0. The van der Waals surface area contributed by atoms with Gasteiger partial charge >= 0.3 is 0 Å². The Kier molecular flexibility index (Phi) is 4.76. The van der Waals surface area contributed by atoms with Gasteiger partial charge in [-0.25, -0.2) is 0 Å². The van der Waals surface area contributed by atoms with E-state index in [1.165, 1.54) is 6.07 Å². The largest absolute Gasteiger partial charge is 0.483 e. The van der Waals surface area contributed by atoms with E-state index in [4.69, 9.17) is 10.5 Å². The predicted molar refractivity (Wildman–Crippen MR) is 74.6 cm³/mol. The molecule has 4 N–H and O–H groups in total. The lowest BCUT2D eigenvalue weighted by molar-refractivity contribution is -0.127. The molecular formula is C14H17N3O4. The third kappa shape index (κ3) is 4.79. The van der Waals surface area contributed by atoms with E-state index in [0.717, 1.165) is 12.8 Å². The highest BCUT2D eigenvalue weighted by Gasteiger charge is 2.23. The summed E-state index contributed by atoms with van der Waals surface area (Å²) < 4.78 is 5.24. The number of para-hydroxylation sites is 1. The maximum absolute atomic E-state index is 11.6. The summed E-state index contributed by atoms with van der Waals surface area (Å²) in [5.41, 5.74) is 5.40. The molecule has 1 saturated carbocycles. The highest BCUT2D eigenvalue weighted by molar-refractivity contribution is 5.95. The van der Waals surface area contributed by atoms with Gasteiger partial charge in [-0.15, -0.1) is 0 Å². The predicted octanol–water partition coefficient (Wildman–Crippen LogP) is -0.441. The van der Waals surface area contributed by atoms with Crippen LogP contribution in [0, 0.1) is 0 Å². The van der Waals surface area contributed by atoms with Gasteiger partial charge in [-0.05, 0) is 25.0 Å². The number of benzene rings is 1. The zero-order chi connectivity index (χ0) is 15.2. The van der Waals surface area contributed by atoms with Gasteiger partial charge in [-0.2, -0.15) is 0 Å². The minimum Gasteiger partial charge on any atom is -0.483 e. The zero-order valence-corrected chi connectivity index (χ0v) is 11.4. The van der Waals surface area contributed by atoms with Crippen LogP contribution in [0.25, 0.3) is 0 Å². The first kappa shape index (κ1) is 14.8. The molecule has 1 fully saturated rings. The van der Waals surface area contributed by atoms with Crippen LogP contribution in [0.3, 0.4) is 0 Å². The topological polar surface area (TPSA) is 111 Å². The van der Waals surface area contributed by atoms with Gasteiger partial charge in [0.25, 0.3) is 11.8 Å². The second kappa shape index (κ2) is 6.74. The molecule has 3 amide bonds. The van der Waals surface area contributed by atoms with Crippen LogP contribution < -0.4 is 21.1 Å². The molecule has 7 heteroatoms. The average Bonchev–Trinajstić information content (AvgIpc) is 3.27. The van der Waals surface area contributed by atoms with Crippen molar-refractivity contribution in [3.8, 4) is 5.75 Å². The fraction of sp³-hybridized carbons (Fsp3) is 0.357. The van der Waals surface area contributed by atoms with E-state index in [-0.39, 0.29) is 36.4 Å². The van der Waals surface area contributed by atoms with E-state index in [0.29, 0.717) is 0 Å². The first-order chi connectivity index (χ1) is 10.1. The minimum absolute atomic E-state index is 0.0871. The van der Waals surface area contributed by atoms with E-state index in [9.17, 15) is 14.4 Å². The van der Waals surface area contributed by atoms with Crippen LogP contribution >= 0.6 is 0 Å². The first-order valence-electron chi connectivity index (χ1n) is 6.64. The highest BCUT2D eigenvalue weighted by Crippen LogP contribution is 2.18. The Morgan fingerprint density at radius 3 is 2.57 bits per heavy atom. The Labute approximate surface area is 121 Å². The molecule has 21 heavy (non-hydrogen) atoms. The molecular weight excluding hydrogens is 274 g/mol. The number of ether oxygens (including phenoxy) is 1. The van der Waals surface area contributed by atoms with Crippen molar-refractivity contribution in [1.29, 1.82) is 0 Å². The molecule has 2 rings (SSSR count). The SMILES string of the molecule is NC(=O)c1ccccc1OCC(=O)NCC(=O)NC1CC1.